The molecule has 1 heterocycles. The largest absolute Gasteiger partial charge is 0.347 e. The maximum absolute atomic E-state index is 13.9. The molecule has 0 spiro atoms. The average Bonchev–Trinajstić information content (AvgIpc) is 2.71. The lowest BCUT2D eigenvalue weighted by Crippen LogP contribution is -2.55. The minimum absolute atomic E-state index is 0.00418. The summed E-state index contributed by atoms with van der Waals surface area (Å²) in [5.74, 6) is -0.159. The van der Waals surface area contributed by atoms with Gasteiger partial charge in [0.25, 0.3) is 0 Å². The Morgan fingerprint density at radius 3 is 2.79 bits per heavy atom. The summed E-state index contributed by atoms with van der Waals surface area (Å²) >= 11 is 1.42. The number of benzene rings is 2. The summed E-state index contributed by atoms with van der Waals surface area (Å²) in [6.45, 7) is 0. The van der Waals surface area contributed by atoms with Crippen LogP contribution in [0, 0.1) is 5.82 Å². The molecule has 1 fully saturated rings. The monoisotopic (exact) mass is 398 g/mol. The van der Waals surface area contributed by atoms with E-state index in [-0.39, 0.29) is 28.9 Å². The number of carbonyl (C=O) groups is 2. The van der Waals surface area contributed by atoms with Crippen molar-refractivity contribution in [2.75, 3.05) is 5.75 Å². The molecule has 4 nitrogen and oxygen atoms in total. The summed E-state index contributed by atoms with van der Waals surface area (Å²) in [4.78, 5) is 25.2. The molecule has 0 bridgehead atoms. The third-order valence-corrected chi connectivity index (χ3v) is 6.75. The van der Waals surface area contributed by atoms with E-state index in [9.17, 15) is 14.0 Å². The highest BCUT2D eigenvalue weighted by Crippen LogP contribution is 2.30. The molecule has 0 radical (unpaired) electrons. The predicted octanol–water partition coefficient (Wildman–Crippen LogP) is 3.16. The van der Waals surface area contributed by atoms with Crippen LogP contribution in [0.1, 0.15) is 35.6 Å². The molecule has 3 unspecified atom stereocenters. The zero-order chi connectivity index (χ0) is 19.5. The molecule has 1 aliphatic heterocycles. The Morgan fingerprint density at radius 1 is 1.18 bits per heavy atom. The highest BCUT2D eigenvalue weighted by atomic mass is 32.2. The SMILES string of the molecule is O=C(NC1CCCc2ccccc21)C1CSC(Cc2ccccc2F)C(=O)N1. The van der Waals surface area contributed by atoms with Crippen LogP contribution in [0.25, 0.3) is 0 Å². The lowest BCUT2D eigenvalue weighted by atomic mass is 9.87. The standard InChI is InChI=1S/C22H23FN2O2S/c23-17-10-4-2-7-15(17)12-20-22(27)25-19(13-28-20)21(26)24-18-11-5-8-14-6-1-3-9-16(14)18/h1-4,6-7,9-10,18-20H,5,8,11-13H2,(H,24,26)(H,25,27). The van der Waals surface area contributed by atoms with Crippen LogP contribution in [-0.4, -0.2) is 28.9 Å². The average molecular weight is 399 g/mol. The molecule has 2 aliphatic rings. The minimum Gasteiger partial charge on any atom is -0.347 e. The van der Waals surface area contributed by atoms with Gasteiger partial charge in [0.2, 0.25) is 11.8 Å². The molecular formula is C22H23FN2O2S. The molecule has 2 N–H and O–H groups in total. The van der Waals surface area contributed by atoms with Gasteiger partial charge in [-0.2, -0.15) is 0 Å². The first-order valence-corrected chi connectivity index (χ1v) is 10.7. The van der Waals surface area contributed by atoms with Gasteiger partial charge in [0.15, 0.2) is 0 Å². The second-order valence-electron chi connectivity index (χ2n) is 7.33. The van der Waals surface area contributed by atoms with Crippen molar-refractivity contribution in [3.63, 3.8) is 0 Å². The number of amides is 2. The summed E-state index contributed by atoms with van der Waals surface area (Å²) < 4.78 is 13.9. The van der Waals surface area contributed by atoms with Crippen molar-refractivity contribution in [3.8, 4) is 0 Å². The summed E-state index contributed by atoms with van der Waals surface area (Å²) in [5, 5.41) is 5.56. The smallest absolute Gasteiger partial charge is 0.243 e. The second-order valence-corrected chi connectivity index (χ2v) is 8.57. The number of hydrogen-bond acceptors (Lipinski definition) is 3. The van der Waals surface area contributed by atoms with Crippen LogP contribution in [0.5, 0.6) is 0 Å². The van der Waals surface area contributed by atoms with Gasteiger partial charge in [0, 0.05) is 5.75 Å². The van der Waals surface area contributed by atoms with Crippen molar-refractivity contribution in [1.29, 1.82) is 0 Å². The minimum atomic E-state index is -0.552. The zero-order valence-electron chi connectivity index (χ0n) is 15.5. The van der Waals surface area contributed by atoms with E-state index in [0.717, 1.165) is 19.3 Å². The highest BCUT2D eigenvalue weighted by molar-refractivity contribution is 8.00. The van der Waals surface area contributed by atoms with E-state index >= 15 is 0 Å². The zero-order valence-corrected chi connectivity index (χ0v) is 16.3. The van der Waals surface area contributed by atoms with Gasteiger partial charge in [-0.1, -0.05) is 42.5 Å². The number of thioether (sulfide) groups is 1. The van der Waals surface area contributed by atoms with E-state index in [2.05, 4.69) is 22.8 Å². The number of carbonyl (C=O) groups excluding carboxylic acids is 2. The van der Waals surface area contributed by atoms with Crippen LogP contribution >= 0.6 is 11.8 Å². The number of fused-ring (bicyclic) bond motifs is 1. The van der Waals surface area contributed by atoms with E-state index < -0.39 is 6.04 Å². The van der Waals surface area contributed by atoms with Gasteiger partial charge in [-0.15, -0.1) is 11.8 Å². The Balaban J connectivity index is 1.36. The normalized spacial score (nSPS) is 24.2. The Kier molecular flexibility index (Phi) is 5.67. The molecular weight excluding hydrogens is 375 g/mol. The molecule has 146 valence electrons. The van der Waals surface area contributed by atoms with E-state index in [4.69, 9.17) is 0 Å². The molecule has 2 aromatic carbocycles. The van der Waals surface area contributed by atoms with Crippen LogP contribution < -0.4 is 10.6 Å². The third-order valence-electron chi connectivity index (χ3n) is 5.44. The van der Waals surface area contributed by atoms with E-state index in [0.29, 0.717) is 17.7 Å². The molecule has 0 saturated carbocycles. The summed E-state index contributed by atoms with van der Waals surface area (Å²) in [5.41, 5.74) is 2.98. The quantitative estimate of drug-likeness (QED) is 0.832. The topological polar surface area (TPSA) is 58.2 Å². The van der Waals surface area contributed by atoms with Gasteiger partial charge in [-0.3, -0.25) is 9.59 Å². The van der Waals surface area contributed by atoms with Crippen molar-refractivity contribution in [3.05, 3.63) is 71.0 Å². The first kappa shape index (κ1) is 19.0. The van der Waals surface area contributed by atoms with E-state index in [1.54, 1.807) is 18.2 Å². The molecule has 0 aromatic heterocycles. The predicted molar refractivity (Wildman–Crippen MR) is 109 cm³/mol. The van der Waals surface area contributed by atoms with Crippen molar-refractivity contribution in [1.82, 2.24) is 10.6 Å². The fourth-order valence-corrected chi connectivity index (χ4v) is 5.10. The molecule has 28 heavy (non-hydrogen) atoms. The molecule has 6 heteroatoms. The maximum Gasteiger partial charge on any atom is 0.243 e. The van der Waals surface area contributed by atoms with Crippen LogP contribution in [0.4, 0.5) is 4.39 Å². The van der Waals surface area contributed by atoms with Crippen molar-refractivity contribution >= 4 is 23.6 Å². The number of aryl methyl sites for hydroxylation is 1. The molecule has 3 atom stereocenters. The van der Waals surface area contributed by atoms with Crippen LogP contribution in [0.3, 0.4) is 0 Å². The molecule has 2 amide bonds. The summed E-state index contributed by atoms with van der Waals surface area (Å²) in [6.07, 6.45) is 3.31. The molecule has 4 rings (SSSR count). The first-order chi connectivity index (χ1) is 13.6. The first-order valence-electron chi connectivity index (χ1n) is 9.65. The van der Waals surface area contributed by atoms with E-state index in [1.165, 1.54) is 29.0 Å². The Morgan fingerprint density at radius 2 is 1.96 bits per heavy atom. The van der Waals surface area contributed by atoms with Crippen molar-refractivity contribution in [2.24, 2.45) is 0 Å². The van der Waals surface area contributed by atoms with Crippen LogP contribution in [0.15, 0.2) is 48.5 Å². The fourth-order valence-electron chi connectivity index (χ4n) is 3.93. The van der Waals surface area contributed by atoms with Gasteiger partial charge < -0.3 is 10.6 Å². The highest BCUT2D eigenvalue weighted by Gasteiger charge is 2.34. The number of hydrogen-bond donors (Lipinski definition) is 2. The fraction of sp³-hybridized carbons (Fsp3) is 0.364. The molecule has 2 aromatic rings. The summed E-state index contributed by atoms with van der Waals surface area (Å²) in [6, 6.07) is 14.1. The number of rotatable bonds is 4. The molecule has 1 saturated heterocycles. The van der Waals surface area contributed by atoms with Gasteiger partial charge in [-0.05, 0) is 48.4 Å². The van der Waals surface area contributed by atoms with Crippen LogP contribution in [-0.2, 0) is 22.4 Å². The summed E-state index contributed by atoms with van der Waals surface area (Å²) in [7, 11) is 0. The van der Waals surface area contributed by atoms with Gasteiger partial charge in [0.1, 0.15) is 11.9 Å². The lowest BCUT2D eigenvalue weighted by Gasteiger charge is -2.31. The van der Waals surface area contributed by atoms with Gasteiger partial charge in [0.05, 0.1) is 11.3 Å². The Hall–Kier alpha value is -2.34. The maximum atomic E-state index is 13.9. The Labute approximate surface area is 168 Å². The van der Waals surface area contributed by atoms with Crippen LogP contribution in [0.2, 0.25) is 0 Å². The van der Waals surface area contributed by atoms with Crippen molar-refractivity contribution < 1.29 is 14.0 Å². The number of halogens is 1. The Bertz CT molecular complexity index is 888. The lowest BCUT2D eigenvalue weighted by molar-refractivity contribution is -0.129. The molecule has 1 aliphatic carbocycles. The third kappa shape index (κ3) is 4.07. The van der Waals surface area contributed by atoms with E-state index in [1.807, 2.05) is 12.1 Å². The van der Waals surface area contributed by atoms with Crippen molar-refractivity contribution in [2.45, 2.75) is 43.0 Å². The second kappa shape index (κ2) is 8.35. The number of nitrogens with one attached hydrogen (secondary N) is 2. The van der Waals surface area contributed by atoms with Gasteiger partial charge in [-0.25, -0.2) is 4.39 Å². The van der Waals surface area contributed by atoms with Gasteiger partial charge >= 0.3 is 0 Å².